The summed E-state index contributed by atoms with van der Waals surface area (Å²) in [5.41, 5.74) is 6.69. The van der Waals surface area contributed by atoms with Crippen molar-refractivity contribution in [2.75, 3.05) is 26.3 Å². The molecule has 0 amide bonds. The van der Waals surface area contributed by atoms with Gasteiger partial charge in [0.1, 0.15) is 5.69 Å². The van der Waals surface area contributed by atoms with Crippen LogP contribution in [-0.4, -0.2) is 49.2 Å². The first-order chi connectivity index (χ1) is 16.8. The molecule has 3 aromatic carbocycles. The minimum Gasteiger partial charge on any atom is -0.379 e. The van der Waals surface area contributed by atoms with E-state index in [1.165, 1.54) is 21.0 Å². The third-order valence-electron chi connectivity index (χ3n) is 6.47. The molecule has 7 heteroatoms. The molecular formula is C28H29N3O3S. The first-order valence-corrected chi connectivity index (χ1v) is 13.3. The zero-order valence-corrected chi connectivity index (χ0v) is 21.1. The normalized spacial score (nSPS) is 14.9. The topological polar surface area (TPSA) is 72.4 Å². The molecule has 0 radical (unpaired) electrons. The Bertz CT molecular complexity index is 1490. The van der Waals surface area contributed by atoms with E-state index in [1.54, 1.807) is 6.07 Å². The highest BCUT2D eigenvalue weighted by Crippen LogP contribution is 2.32. The average Bonchev–Trinajstić information content (AvgIpc) is 2.84. The van der Waals surface area contributed by atoms with Crippen LogP contribution < -0.4 is 0 Å². The van der Waals surface area contributed by atoms with Gasteiger partial charge in [0.05, 0.1) is 23.8 Å². The number of morpholine rings is 1. The Hall–Kier alpha value is -3.13. The first-order valence-electron chi connectivity index (χ1n) is 11.8. The van der Waals surface area contributed by atoms with Crippen molar-refractivity contribution in [3.63, 3.8) is 0 Å². The lowest BCUT2D eigenvalue weighted by molar-refractivity contribution is 0.0730. The molecule has 1 aromatic heterocycles. The van der Waals surface area contributed by atoms with Gasteiger partial charge in [0.25, 0.3) is 0 Å². The van der Waals surface area contributed by atoms with Crippen LogP contribution in [-0.2, 0) is 21.2 Å². The predicted molar refractivity (Wildman–Crippen MR) is 138 cm³/mol. The number of aromatic nitrogens is 2. The van der Waals surface area contributed by atoms with E-state index in [4.69, 9.17) is 4.74 Å². The predicted octanol–water partition coefficient (Wildman–Crippen LogP) is 4.83. The summed E-state index contributed by atoms with van der Waals surface area (Å²) < 4.78 is 33.6. The molecule has 0 N–H and O–H groups in total. The molecule has 0 aliphatic carbocycles. The van der Waals surface area contributed by atoms with E-state index < -0.39 is 10.0 Å². The molecule has 0 atom stereocenters. The zero-order chi connectivity index (χ0) is 24.6. The van der Waals surface area contributed by atoms with Gasteiger partial charge in [-0.05, 0) is 38.0 Å². The Morgan fingerprint density at radius 1 is 0.857 bits per heavy atom. The lowest BCUT2D eigenvalue weighted by Crippen LogP contribution is -2.40. The van der Waals surface area contributed by atoms with Gasteiger partial charge in [-0.1, -0.05) is 65.7 Å². The van der Waals surface area contributed by atoms with E-state index in [1.807, 2.05) is 37.3 Å². The van der Waals surface area contributed by atoms with E-state index in [2.05, 4.69) is 48.3 Å². The van der Waals surface area contributed by atoms with Gasteiger partial charge in [0, 0.05) is 35.8 Å². The molecule has 1 saturated heterocycles. The second kappa shape index (κ2) is 9.49. The van der Waals surface area contributed by atoms with Crippen LogP contribution in [0.3, 0.4) is 0 Å². The second-order valence-corrected chi connectivity index (χ2v) is 11.1. The van der Waals surface area contributed by atoms with Crippen molar-refractivity contribution in [1.82, 2.24) is 14.5 Å². The van der Waals surface area contributed by atoms with Crippen molar-refractivity contribution in [2.45, 2.75) is 32.1 Å². The van der Waals surface area contributed by atoms with Crippen LogP contribution in [0.5, 0.6) is 0 Å². The number of hydrogen-bond acceptors (Lipinski definition) is 5. The number of rotatable bonds is 5. The van der Waals surface area contributed by atoms with Crippen molar-refractivity contribution in [3.05, 3.63) is 88.6 Å². The highest BCUT2D eigenvalue weighted by atomic mass is 32.2. The maximum absolute atomic E-state index is 13.4. The maximum atomic E-state index is 13.4. The van der Waals surface area contributed by atoms with Gasteiger partial charge in [-0.2, -0.15) is 9.40 Å². The van der Waals surface area contributed by atoms with Crippen LogP contribution in [0.15, 0.2) is 65.6 Å². The number of hydrogen-bond donors (Lipinski definition) is 0. The maximum Gasteiger partial charge on any atom is 0.243 e. The van der Waals surface area contributed by atoms with Gasteiger partial charge in [-0.25, -0.2) is 8.42 Å². The molecule has 4 aromatic rings. The van der Waals surface area contributed by atoms with Crippen LogP contribution in [0.2, 0.25) is 0 Å². The fourth-order valence-corrected chi connectivity index (χ4v) is 6.48. The lowest BCUT2D eigenvalue weighted by atomic mass is 9.98. The second-order valence-electron chi connectivity index (χ2n) is 9.21. The minimum atomic E-state index is -3.63. The van der Waals surface area contributed by atoms with E-state index >= 15 is 0 Å². The fourth-order valence-electron chi connectivity index (χ4n) is 4.82. The van der Waals surface area contributed by atoms with E-state index in [0.717, 1.165) is 22.0 Å². The van der Waals surface area contributed by atoms with E-state index in [9.17, 15) is 8.42 Å². The van der Waals surface area contributed by atoms with Crippen molar-refractivity contribution >= 4 is 20.8 Å². The monoisotopic (exact) mass is 487 g/mol. The molecule has 6 nitrogen and oxygen atoms in total. The Morgan fingerprint density at radius 3 is 2.26 bits per heavy atom. The summed E-state index contributed by atoms with van der Waals surface area (Å²) in [6.07, 6.45) is 0.681. The number of ether oxygens (including phenoxy) is 1. The van der Waals surface area contributed by atoms with Crippen molar-refractivity contribution in [3.8, 4) is 11.3 Å². The van der Waals surface area contributed by atoms with Crippen LogP contribution in [0.25, 0.3) is 22.0 Å². The molecule has 0 saturated carbocycles. The quantitative estimate of drug-likeness (QED) is 0.403. The van der Waals surface area contributed by atoms with Gasteiger partial charge >= 0.3 is 0 Å². The van der Waals surface area contributed by atoms with Crippen LogP contribution in [0.1, 0.15) is 27.9 Å². The Morgan fingerprint density at radius 2 is 1.54 bits per heavy atom. The van der Waals surface area contributed by atoms with Crippen molar-refractivity contribution in [1.29, 1.82) is 0 Å². The summed E-state index contributed by atoms with van der Waals surface area (Å²) in [5.74, 6) is 0. The summed E-state index contributed by atoms with van der Waals surface area (Å²) in [5, 5.41) is 11.2. The zero-order valence-electron chi connectivity index (χ0n) is 20.3. The molecule has 2 heterocycles. The van der Waals surface area contributed by atoms with Crippen molar-refractivity contribution < 1.29 is 13.2 Å². The molecule has 0 spiro atoms. The number of sulfonamides is 1. The lowest BCUT2D eigenvalue weighted by Gasteiger charge is -2.26. The first kappa shape index (κ1) is 23.6. The van der Waals surface area contributed by atoms with Crippen LogP contribution >= 0.6 is 0 Å². The molecule has 5 rings (SSSR count). The molecule has 1 fully saturated rings. The molecule has 180 valence electrons. The third kappa shape index (κ3) is 4.72. The Kier molecular flexibility index (Phi) is 6.40. The summed E-state index contributed by atoms with van der Waals surface area (Å²) in [7, 11) is -3.63. The molecule has 1 aliphatic rings. The SMILES string of the molecule is Cc1cc(C)cc(Cc2nnc(-c3ccc(C)c(S(=O)(=O)N4CCOCC4)c3)c3ccccc23)c1. The van der Waals surface area contributed by atoms with E-state index in [0.29, 0.717) is 48.9 Å². The molecule has 35 heavy (non-hydrogen) atoms. The molecular weight excluding hydrogens is 458 g/mol. The summed E-state index contributed by atoms with van der Waals surface area (Å²) >= 11 is 0. The number of benzene rings is 3. The smallest absolute Gasteiger partial charge is 0.243 e. The Labute approximate surface area is 206 Å². The number of fused-ring (bicyclic) bond motifs is 1. The highest BCUT2D eigenvalue weighted by molar-refractivity contribution is 7.89. The van der Waals surface area contributed by atoms with Gasteiger partial charge < -0.3 is 4.74 Å². The highest BCUT2D eigenvalue weighted by Gasteiger charge is 2.28. The minimum absolute atomic E-state index is 0.307. The van der Waals surface area contributed by atoms with Gasteiger partial charge in [0.2, 0.25) is 10.0 Å². The summed E-state index contributed by atoms with van der Waals surface area (Å²) in [6.45, 7) is 7.58. The number of nitrogens with zero attached hydrogens (tertiary/aromatic N) is 3. The van der Waals surface area contributed by atoms with Gasteiger partial charge in [-0.3, -0.25) is 0 Å². The number of aryl methyl sites for hydroxylation is 3. The molecule has 1 aliphatic heterocycles. The summed E-state index contributed by atoms with van der Waals surface area (Å²) in [6, 6.07) is 20.1. The standard InChI is InChI=1S/C28H29N3O3S/c1-19-14-20(2)16-22(15-19)17-26-24-6-4-5-7-25(24)28(30-29-26)23-9-8-21(3)27(18-23)35(32,33)31-10-12-34-13-11-31/h4-9,14-16,18H,10-13,17H2,1-3H3. The van der Waals surface area contributed by atoms with E-state index in [-0.39, 0.29) is 0 Å². The van der Waals surface area contributed by atoms with Gasteiger partial charge in [0.15, 0.2) is 0 Å². The van der Waals surface area contributed by atoms with Crippen LogP contribution in [0, 0.1) is 20.8 Å². The third-order valence-corrected chi connectivity index (χ3v) is 8.51. The average molecular weight is 488 g/mol. The summed E-state index contributed by atoms with van der Waals surface area (Å²) in [4.78, 5) is 0.307. The largest absolute Gasteiger partial charge is 0.379 e. The van der Waals surface area contributed by atoms with Crippen LogP contribution in [0.4, 0.5) is 0 Å². The molecule has 0 bridgehead atoms. The van der Waals surface area contributed by atoms with Crippen molar-refractivity contribution in [2.24, 2.45) is 0 Å². The fraction of sp³-hybridized carbons (Fsp3) is 0.286. The molecule has 0 unspecified atom stereocenters. The Balaban J connectivity index is 1.58. The van der Waals surface area contributed by atoms with Gasteiger partial charge in [-0.15, -0.1) is 5.10 Å².